The number of esters is 1. The average Bonchev–Trinajstić information content (AvgIpc) is 3.26. The predicted molar refractivity (Wildman–Crippen MR) is 95.5 cm³/mol. The van der Waals surface area contributed by atoms with Gasteiger partial charge in [0.25, 0.3) is 5.91 Å². The molecule has 0 unspecified atom stereocenters. The summed E-state index contributed by atoms with van der Waals surface area (Å²) in [5.74, 6) is -0.225. The third kappa shape index (κ3) is 3.79. The molecule has 3 aromatic rings. The van der Waals surface area contributed by atoms with Crippen molar-refractivity contribution in [2.75, 3.05) is 0 Å². The molecule has 26 heavy (non-hydrogen) atoms. The first-order valence-corrected chi connectivity index (χ1v) is 8.41. The number of rotatable bonds is 6. The fourth-order valence-electron chi connectivity index (χ4n) is 2.70. The van der Waals surface area contributed by atoms with Crippen molar-refractivity contribution < 1.29 is 23.2 Å². The maximum absolute atomic E-state index is 12.2. The Bertz CT molecular complexity index is 923. The Kier molecular flexibility index (Phi) is 5.11. The van der Waals surface area contributed by atoms with Gasteiger partial charge in [0.15, 0.2) is 6.10 Å². The summed E-state index contributed by atoms with van der Waals surface area (Å²) in [5, 5.41) is 3.55. The van der Waals surface area contributed by atoms with Crippen molar-refractivity contribution >= 4 is 22.8 Å². The number of hydrogen-bond acceptors (Lipinski definition) is 5. The number of benzene rings is 1. The summed E-state index contributed by atoms with van der Waals surface area (Å²) in [5.41, 5.74) is 3.70. The van der Waals surface area contributed by atoms with Crippen LogP contribution < -0.4 is 5.32 Å². The zero-order valence-electron chi connectivity index (χ0n) is 15.0. The molecule has 136 valence electrons. The lowest BCUT2D eigenvalue weighted by molar-refractivity contribution is -0.154. The Labute approximate surface area is 151 Å². The molecule has 1 aromatic carbocycles. The third-order valence-electron chi connectivity index (χ3n) is 4.37. The van der Waals surface area contributed by atoms with Crippen LogP contribution >= 0.6 is 0 Å². The summed E-state index contributed by atoms with van der Waals surface area (Å²) in [6.45, 7) is 5.78. The van der Waals surface area contributed by atoms with Gasteiger partial charge in [0.1, 0.15) is 11.3 Å². The molecular formula is C20H21NO5. The summed E-state index contributed by atoms with van der Waals surface area (Å²) < 4.78 is 16.0. The van der Waals surface area contributed by atoms with Crippen LogP contribution in [-0.2, 0) is 27.3 Å². The van der Waals surface area contributed by atoms with E-state index in [2.05, 4.69) is 5.32 Å². The molecule has 0 radical (unpaired) electrons. The van der Waals surface area contributed by atoms with E-state index in [0.717, 1.165) is 27.7 Å². The first kappa shape index (κ1) is 17.8. The Morgan fingerprint density at radius 2 is 2.00 bits per heavy atom. The molecule has 1 N–H and O–H groups in total. The van der Waals surface area contributed by atoms with Gasteiger partial charge in [-0.1, -0.05) is 12.1 Å². The van der Waals surface area contributed by atoms with Crippen molar-refractivity contribution in [3.63, 3.8) is 0 Å². The van der Waals surface area contributed by atoms with Crippen LogP contribution in [0.2, 0.25) is 0 Å². The van der Waals surface area contributed by atoms with Gasteiger partial charge in [0, 0.05) is 10.9 Å². The van der Waals surface area contributed by atoms with E-state index in [9.17, 15) is 9.59 Å². The summed E-state index contributed by atoms with van der Waals surface area (Å²) in [4.78, 5) is 24.2. The largest absolute Gasteiger partial charge is 0.467 e. The van der Waals surface area contributed by atoms with E-state index in [-0.39, 0.29) is 18.9 Å². The van der Waals surface area contributed by atoms with Crippen molar-refractivity contribution in [2.24, 2.45) is 0 Å². The second kappa shape index (κ2) is 7.47. The van der Waals surface area contributed by atoms with Gasteiger partial charge >= 0.3 is 5.97 Å². The van der Waals surface area contributed by atoms with Gasteiger partial charge in [-0.2, -0.15) is 0 Å². The number of carbonyl (C=O) groups excluding carboxylic acids is 2. The highest BCUT2D eigenvalue weighted by Crippen LogP contribution is 2.27. The van der Waals surface area contributed by atoms with Gasteiger partial charge in [-0.15, -0.1) is 0 Å². The maximum Gasteiger partial charge on any atom is 0.311 e. The molecule has 0 fully saturated rings. The van der Waals surface area contributed by atoms with Crippen LogP contribution in [0.5, 0.6) is 0 Å². The van der Waals surface area contributed by atoms with E-state index in [1.807, 2.05) is 26.0 Å². The Balaban J connectivity index is 1.58. The number of aryl methyl sites for hydroxylation is 2. The summed E-state index contributed by atoms with van der Waals surface area (Å²) >= 11 is 0. The molecule has 2 aromatic heterocycles. The van der Waals surface area contributed by atoms with Crippen molar-refractivity contribution in [1.82, 2.24) is 5.32 Å². The number of ether oxygens (including phenoxy) is 1. The molecule has 0 bridgehead atoms. The molecule has 0 saturated carbocycles. The van der Waals surface area contributed by atoms with Gasteiger partial charge in [-0.3, -0.25) is 9.59 Å². The van der Waals surface area contributed by atoms with Gasteiger partial charge in [0.05, 0.1) is 25.5 Å². The highest BCUT2D eigenvalue weighted by Gasteiger charge is 2.20. The minimum absolute atomic E-state index is 0.0469. The number of amides is 1. The van der Waals surface area contributed by atoms with Crippen molar-refractivity contribution in [1.29, 1.82) is 0 Å². The molecule has 0 saturated heterocycles. The average molecular weight is 355 g/mol. The van der Waals surface area contributed by atoms with Crippen LogP contribution in [0.15, 0.2) is 45.6 Å². The summed E-state index contributed by atoms with van der Waals surface area (Å²) in [6.07, 6.45) is 2.26. The zero-order chi connectivity index (χ0) is 18.7. The molecule has 0 aliphatic heterocycles. The van der Waals surface area contributed by atoms with Gasteiger partial charge in [-0.25, -0.2) is 0 Å². The van der Waals surface area contributed by atoms with Gasteiger partial charge in [0.2, 0.25) is 0 Å². The minimum Gasteiger partial charge on any atom is -0.467 e. The molecule has 1 amide bonds. The second-order valence-corrected chi connectivity index (χ2v) is 6.25. The Morgan fingerprint density at radius 1 is 1.19 bits per heavy atom. The molecule has 3 rings (SSSR count). The molecule has 0 aliphatic carbocycles. The predicted octanol–water partition coefficient (Wildman–Crippen LogP) is 3.43. The maximum atomic E-state index is 12.2. The fourth-order valence-corrected chi connectivity index (χ4v) is 2.70. The normalized spacial score (nSPS) is 12.1. The van der Waals surface area contributed by atoms with Crippen LogP contribution in [-0.4, -0.2) is 18.0 Å². The number of fused-ring (bicyclic) bond motifs is 1. The lowest BCUT2D eigenvalue weighted by atomic mass is 10.0. The van der Waals surface area contributed by atoms with Crippen LogP contribution in [0.4, 0.5) is 0 Å². The van der Waals surface area contributed by atoms with Crippen molar-refractivity contribution in [2.45, 2.75) is 39.8 Å². The number of carbonyl (C=O) groups is 2. The standard InChI is InChI=1S/C20H21NO5/c1-12-6-7-17-15(11-25-19(17)13(12)2)9-18(22)26-14(3)20(23)21-10-16-5-4-8-24-16/h4-8,11,14H,9-10H2,1-3H3,(H,21,23)/t14-/m1/s1. The van der Waals surface area contributed by atoms with Crippen LogP contribution in [0.3, 0.4) is 0 Å². The minimum atomic E-state index is -0.889. The first-order valence-electron chi connectivity index (χ1n) is 8.41. The molecule has 0 aliphatic rings. The number of nitrogens with one attached hydrogen (secondary N) is 1. The molecule has 1 atom stereocenters. The van der Waals surface area contributed by atoms with E-state index in [0.29, 0.717) is 5.76 Å². The molecule has 6 heteroatoms. The molecule has 0 spiro atoms. The Morgan fingerprint density at radius 3 is 2.73 bits per heavy atom. The SMILES string of the molecule is Cc1ccc2c(CC(=O)O[C@H](C)C(=O)NCc3ccco3)coc2c1C. The zero-order valence-corrected chi connectivity index (χ0v) is 15.0. The van der Waals surface area contributed by atoms with E-state index in [4.69, 9.17) is 13.6 Å². The quantitative estimate of drug-likeness (QED) is 0.685. The Hall–Kier alpha value is -3.02. The van der Waals surface area contributed by atoms with Gasteiger partial charge < -0.3 is 18.9 Å². The van der Waals surface area contributed by atoms with E-state index in [1.54, 1.807) is 18.4 Å². The van der Waals surface area contributed by atoms with Crippen LogP contribution in [0, 0.1) is 13.8 Å². The monoisotopic (exact) mass is 355 g/mol. The van der Waals surface area contributed by atoms with E-state index >= 15 is 0 Å². The number of hydrogen-bond donors (Lipinski definition) is 1. The van der Waals surface area contributed by atoms with Crippen LogP contribution in [0.1, 0.15) is 29.4 Å². The highest BCUT2D eigenvalue weighted by atomic mass is 16.5. The van der Waals surface area contributed by atoms with Crippen LogP contribution in [0.25, 0.3) is 11.0 Å². The van der Waals surface area contributed by atoms with Crippen molar-refractivity contribution in [3.05, 3.63) is 59.2 Å². The highest BCUT2D eigenvalue weighted by molar-refractivity contribution is 5.89. The first-order chi connectivity index (χ1) is 12.5. The third-order valence-corrected chi connectivity index (χ3v) is 4.37. The topological polar surface area (TPSA) is 81.7 Å². The van der Waals surface area contributed by atoms with E-state index in [1.165, 1.54) is 13.2 Å². The molecule has 2 heterocycles. The lowest BCUT2D eigenvalue weighted by Gasteiger charge is -2.12. The summed E-state index contributed by atoms with van der Waals surface area (Å²) in [6, 6.07) is 7.42. The number of furan rings is 2. The van der Waals surface area contributed by atoms with Crippen molar-refractivity contribution in [3.8, 4) is 0 Å². The summed E-state index contributed by atoms with van der Waals surface area (Å²) in [7, 11) is 0. The smallest absolute Gasteiger partial charge is 0.311 e. The lowest BCUT2D eigenvalue weighted by Crippen LogP contribution is -2.35. The molecular weight excluding hydrogens is 334 g/mol. The molecule has 6 nitrogen and oxygen atoms in total. The van der Waals surface area contributed by atoms with Gasteiger partial charge in [-0.05, 0) is 44.0 Å². The second-order valence-electron chi connectivity index (χ2n) is 6.25. The van der Waals surface area contributed by atoms with E-state index < -0.39 is 12.1 Å². The fraction of sp³-hybridized carbons (Fsp3) is 0.300.